The Hall–Kier alpha value is -1.52. The van der Waals surface area contributed by atoms with E-state index in [4.69, 9.17) is 23.1 Å². The lowest BCUT2D eigenvalue weighted by molar-refractivity contribution is 0.223. The molecular formula is C11H12ClN3O. The SMILES string of the molecule is NCc1ccc2c(c1)CN(C(N)=O)C=C2Cl. The third-order valence-corrected chi connectivity index (χ3v) is 2.86. The van der Waals surface area contributed by atoms with Gasteiger partial charge in [-0.1, -0.05) is 29.8 Å². The molecule has 0 aromatic heterocycles. The van der Waals surface area contributed by atoms with Gasteiger partial charge < -0.3 is 11.5 Å². The van der Waals surface area contributed by atoms with Crippen molar-refractivity contribution in [3.05, 3.63) is 41.1 Å². The van der Waals surface area contributed by atoms with E-state index in [-0.39, 0.29) is 0 Å². The Morgan fingerprint density at radius 1 is 1.50 bits per heavy atom. The molecule has 1 aliphatic rings. The van der Waals surface area contributed by atoms with Crippen molar-refractivity contribution in [1.29, 1.82) is 0 Å². The number of primary amides is 1. The first-order valence-corrected chi connectivity index (χ1v) is 5.25. The number of carbonyl (C=O) groups is 1. The number of halogens is 1. The first-order valence-electron chi connectivity index (χ1n) is 4.87. The van der Waals surface area contributed by atoms with Crippen molar-refractivity contribution in [1.82, 2.24) is 4.90 Å². The predicted molar refractivity (Wildman–Crippen MR) is 63.3 cm³/mol. The third-order valence-electron chi connectivity index (χ3n) is 2.56. The lowest BCUT2D eigenvalue weighted by Gasteiger charge is -2.24. The Kier molecular flexibility index (Phi) is 2.85. The van der Waals surface area contributed by atoms with Gasteiger partial charge in [0, 0.05) is 12.7 Å². The van der Waals surface area contributed by atoms with Crippen LogP contribution in [0.15, 0.2) is 24.4 Å². The van der Waals surface area contributed by atoms with Crippen molar-refractivity contribution in [3.63, 3.8) is 0 Å². The van der Waals surface area contributed by atoms with Gasteiger partial charge >= 0.3 is 6.03 Å². The molecule has 1 aromatic rings. The summed E-state index contributed by atoms with van der Waals surface area (Å²) in [6.07, 6.45) is 1.55. The van der Waals surface area contributed by atoms with Crippen LogP contribution in [0.4, 0.5) is 4.79 Å². The Morgan fingerprint density at radius 2 is 2.25 bits per heavy atom. The van der Waals surface area contributed by atoms with E-state index in [2.05, 4.69) is 0 Å². The number of carbonyl (C=O) groups excluding carboxylic acids is 1. The predicted octanol–water partition coefficient (Wildman–Crippen LogP) is 1.58. The summed E-state index contributed by atoms with van der Waals surface area (Å²) in [4.78, 5) is 12.5. The topological polar surface area (TPSA) is 72.3 Å². The molecule has 0 spiro atoms. The molecule has 0 fully saturated rings. The van der Waals surface area contributed by atoms with Gasteiger partial charge in [0.1, 0.15) is 0 Å². The molecule has 5 heteroatoms. The number of nitrogens with zero attached hydrogens (tertiary/aromatic N) is 1. The van der Waals surface area contributed by atoms with Crippen molar-refractivity contribution in [2.75, 3.05) is 0 Å². The van der Waals surface area contributed by atoms with Crippen LogP contribution < -0.4 is 11.5 Å². The summed E-state index contributed by atoms with van der Waals surface area (Å²) in [6.45, 7) is 0.903. The Bertz CT molecular complexity index is 470. The molecule has 0 atom stereocenters. The van der Waals surface area contributed by atoms with E-state index in [9.17, 15) is 4.79 Å². The van der Waals surface area contributed by atoms with Gasteiger partial charge in [-0.15, -0.1) is 0 Å². The minimum atomic E-state index is -0.512. The van der Waals surface area contributed by atoms with Crippen LogP contribution in [0, 0.1) is 0 Å². The van der Waals surface area contributed by atoms with Crippen LogP contribution in [0.2, 0.25) is 0 Å². The number of rotatable bonds is 1. The average molecular weight is 238 g/mol. The first-order chi connectivity index (χ1) is 7.61. The molecule has 16 heavy (non-hydrogen) atoms. The van der Waals surface area contributed by atoms with E-state index >= 15 is 0 Å². The lowest BCUT2D eigenvalue weighted by Crippen LogP contribution is -2.32. The van der Waals surface area contributed by atoms with Gasteiger partial charge in [0.2, 0.25) is 0 Å². The number of amides is 2. The van der Waals surface area contributed by atoms with Crippen molar-refractivity contribution >= 4 is 22.7 Å². The number of urea groups is 1. The Morgan fingerprint density at radius 3 is 2.88 bits per heavy atom. The van der Waals surface area contributed by atoms with Gasteiger partial charge in [0.05, 0.1) is 11.6 Å². The van der Waals surface area contributed by atoms with Crippen LogP contribution >= 0.6 is 11.6 Å². The summed E-state index contributed by atoms with van der Waals surface area (Å²) in [5, 5.41) is 0.517. The summed E-state index contributed by atoms with van der Waals surface area (Å²) >= 11 is 6.06. The van der Waals surface area contributed by atoms with E-state index in [1.807, 2.05) is 18.2 Å². The number of hydrogen-bond donors (Lipinski definition) is 2. The maximum atomic E-state index is 11.1. The van der Waals surface area contributed by atoms with Gasteiger partial charge in [-0.25, -0.2) is 4.79 Å². The lowest BCUT2D eigenvalue weighted by atomic mass is 10.0. The summed E-state index contributed by atoms with van der Waals surface area (Å²) in [5.41, 5.74) is 13.7. The van der Waals surface area contributed by atoms with Crippen LogP contribution in [-0.4, -0.2) is 10.9 Å². The molecule has 2 amide bonds. The minimum Gasteiger partial charge on any atom is -0.351 e. The molecule has 4 nitrogen and oxygen atoms in total. The number of hydrogen-bond acceptors (Lipinski definition) is 2. The van der Waals surface area contributed by atoms with E-state index in [0.29, 0.717) is 18.1 Å². The number of benzene rings is 1. The van der Waals surface area contributed by atoms with Crippen molar-refractivity contribution in [2.24, 2.45) is 11.5 Å². The van der Waals surface area contributed by atoms with Crippen LogP contribution in [0.25, 0.3) is 5.03 Å². The molecule has 0 saturated carbocycles. The summed E-state index contributed by atoms with van der Waals surface area (Å²) < 4.78 is 0. The normalized spacial score (nSPS) is 14.4. The summed E-state index contributed by atoms with van der Waals surface area (Å²) in [5.74, 6) is 0. The van der Waals surface area contributed by atoms with E-state index in [1.54, 1.807) is 6.20 Å². The number of fused-ring (bicyclic) bond motifs is 1. The van der Waals surface area contributed by atoms with Gasteiger partial charge in [-0.2, -0.15) is 0 Å². The molecule has 1 aliphatic heterocycles. The third kappa shape index (κ3) is 1.89. The zero-order valence-electron chi connectivity index (χ0n) is 8.61. The van der Waals surface area contributed by atoms with E-state index in [1.165, 1.54) is 4.90 Å². The molecule has 84 valence electrons. The zero-order valence-corrected chi connectivity index (χ0v) is 9.37. The molecule has 0 radical (unpaired) electrons. The van der Waals surface area contributed by atoms with Crippen molar-refractivity contribution in [3.8, 4) is 0 Å². The number of nitrogens with two attached hydrogens (primary N) is 2. The second kappa shape index (κ2) is 4.15. The van der Waals surface area contributed by atoms with Gasteiger partial charge in [0.15, 0.2) is 0 Å². The smallest absolute Gasteiger partial charge is 0.319 e. The minimum absolute atomic E-state index is 0.439. The monoisotopic (exact) mass is 237 g/mol. The van der Waals surface area contributed by atoms with Crippen molar-refractivity contribution < 1.29 is 4.79 Å². The molecule has 1 aromatic carbocycles. The molecule has 0 unspecified atom stereocenters. The Balaban J connectivity index is 2.43. The zero-order chi connectivity index (χ0) is 11.7. The van der Waals surface area contributed by atoms with Crippen molar-refractivity contribution in [2.45, 2.75) is 13.1 Å². The van der Waals surface area contributed by atoms with Gasteiger partial charge in [0.25, 0.3) is 0 Å². The first kappa shape index (κ1) is 11.0. The fraction of sp³-hybridized carbons (Fsp3) is 0.182. The molecule has 2 rings (SSSR count). The van der Waals surface area contributed by atoms with Crippen LogP contribution in [0.3, 0.4) is 0 Å². The molecule has 4 N–H and O–H groups in total. The van der Waals surface area contributed by atoms with Crippen LogP contribution in [0.5, 0.6) is 0 Å². The average Bonchev–Trinajstić information content (AvgIpc) is 2.28. The highest BCUT2D eigenvalue weighted by molar-refractivity contribution is 6.49. The fourth-order valence-electron chi connectivity index (χ4n) is 1.71. The summed E-state index contributed by atoms with van der Waals surface area (Å²) in [6, 6.07) is 5.27. The van der Waals surface area contributed by atoms with E-state index in [0.717, 1.165) is 16.7 Å². The molecule has 0 bridgehead atoms. The largest absolute Gasteiger partial charge is 0.351 e. The second-order valence-electron chi connectivity index (χ2n) is 3.64. The Labute approximate surface area is 98.5 Å². The molecular weight excluding hydrogens is 226 g/mol. The van der Waals surface area contributed by atoms with Crippen LogP contribution in [0.1, 0.15) is 16.7 Å². The standard InChI is InChI=1S/C11H12ClN3O/c12-10-6-15(11(14)16)5-8-3-7(4-13)1-2-9(8)10/h1-3,6H,4-5,13H2,(H2,14,16). The highest BCUT2D eigenvalue weighted by atomic mass is 35.5. The fourth-order valence-corrected chi connectivity index (χ4v) is 2.02. The van der Waals surface area contributed by atoms with Gasteiger partial charge in [-0.05, 0) is 16.7 Å². The highest BCUT2D eigenvalue weighted by Crippen LogP contribution is 2.29. The molecule has 1 heterocycles. The van der Waals surface area contributed by atoms with Gasteiger partial charge in [-0.3, -0.25) is 4.90 Å². The molecule has 0 saturated heterocycles. The van der Waals surface area contributed by atoms with Crippen LogP contribution in [-0.2, 0) is 13.1 Å². The maximum absolute atomic E-state index is 11.1. The quantitative estimate of drug-likeness (QED) is 0.778. The molecule has 0 aliphatic carbocycles. The van der Waals surface area contributed by atoms with E-state index < -0.39 is 6.03 Å². The maximum Gasteiger partial charge on any atom is 0.319 e. The highest BCUT2D eigenvalue weighted by Gasteiger charge is 2.18. The second-order valence-corrected chi connectivity index (χ2v) is 4.05. The summed E-state index contributed by atoms with van der Waals surface area (Å²) in [7, 11) is 0.